The Hall–Kier alpha value is 0. The molecular weight excluding hydrogens is 240 g/mol. The van der Waals surface area contributed by atoms with Crippen LogP contribution in [-0.2, 0) is 0 Å². The molecule has 0 bridgehead atoms. The average molecular weight is 283 g/mol. The summed E-state index contributed by atoms with van der Waals surface area (Å²) in [7, 11) is 0. The van der Waals surface area contributed by atoms with E-state index in [9.17, 15) is 0 Å². The van der Waals surface area contributed by atoms with Crippen LogP contribution in [0.25, 0.3) is 0 Å². The van der Waals surface area contributed by atoms with Gasteiger partial charge in [-0.25, -0.2) is 0 Å². The van der Waals surface area contributed by atoms with Crippen molar-refractivity contribution in [3.05, 3.63) is 0 Å². The Kier molecular flexibility index (Phi) is 10.7. The summed E-state index contributed by atoms with van der Waals surface area (Å²) in [6.45, 7) is 16.8. The van der Waals surface area contributed by atoms with Crippen LogP contribution in [0.3, 0.4) is 0 Å². The van der Waals surface area contributed by atoms with Crippen molar-refractivity contribution in [2.45, 2.75) is 106 Å². The molecule has 0 aromatic heterocycles. The number of hydrogen-bond acceptors (Lipinski definition) is 0. The van der Waals surface area contributed by atoms with Crippen molar-refractivity contribution in [2.24, 2.45) is 23.2 Å². The first-order chi connectivity index (χ1) is 9.51. The molecule has 122 valence electrons. The Balaban J connectivity index is 4.22. The molecule has 0 aromatic carbocycles. The summed E-state index contributed by atoms with van der Waals surface area (Å²) in [6, 6.07) is 0. The van der Waals surface area contributed by atoms with Crippen LogP contribution in [0.1, 0.15) is 106 Å². The highest BCUT2D eigenvalue weighted by Gasteiger charge is 2.29. The molecule has 0 rings (SSSR count). The van der Waals surface area contributed by atoms with Crippen LogP contribution < -0.4 is 0 Å². The third kappa shape index (κ3) is 5.78. The molecule has 20 heavy (non-hydrogen) atoms. The molecular formula is C20H42. The molecule has 0 aliphatic heterocycles. The largest absolute Gasteiger partial charge is 0.0651 e. The molecule has 1 unspecified atom stereocenters. The summed E-state index contributed by atoms with van der Waals surface area (Å²) < 4.78 is 0. The van der Waals surface area contributed by atoms with E-state index in [0.717, 1.165) is 17.8 Å². The first-order valence-electron chi connectivity index (χ1n) is 9.51. The zero-order valence-corrected chi connectivity index (χ0v) is 15.6. The lowest BCUT2D eigenvalue weighted by molar-refractivity contribution is 0.146. The second kappa shape index (κ2) is 10.7. The summed E-state index contributed by atoms with van der Waals surface area (Å²) in [6.07, 6.45) is 12.6. The molecule has 0 spiro atoms. The normalized spacial score (nSPS) is 14.2. The minimum absolute atomic E-state index is 0.608. The molecule has 0 amide bonds. The van der Waals surface area contributed by atoms with E-state index < -0.39 is 0 Å². The van der Waals surface area contributed by atoms with Crippen LogP contribution >= 0.6 is 0 Å². The number of rotatable bonds is 12. The highest BCUT2D eigenvalue weighted by molar-refractivity contribution is 4.80. The van der Waals surface area contributed by atoms with Gasteiger partial charge < -0.3 is 0 Å². The van der Waals surface area contributed by atoms with Crippen molar-refractivity contribution in [3.63, 3.8) is 0 Å². The fourth-order valence-electron chi connectivity index (χ4n) is 4.32. The second-order valence-electron chi connectivity index (χ2n) is 7.21. The Morgan fingerprint density at radius 3 is 1.55 bits per heavy atom. The molecule has 0 aliphatic carbocycles. The quantitative estimate of drug-likeness (QED) is 0.326. The summed E-state index contributed by atoms with van der Waals surface area (Å²) in [5, 5.41) is 0. The first-order valence-corrected chi connectivity index (χ1v) is 9.51. The van der Waals surface area contributed by atoms with Gasteiger partial charge in [0.15, 0.2) is 0 Å². The van der Waals surface area contributed by atoms with Gasteiger partial charge in [0, 0.05) is 0 Å². The maximum atomic E-state index is 2.42. The van der Waals surface area contributed by atoms with Crippen molar-refractivity contribution in [3.8, 4) is 0 Å². The highest BCUT2D eigenvalue weighted by atomic mass is 14.3. The van der Waals surface area contributed by atoms with Crippen molar-refractivity contribution in [1.82, 2.24) is 0 Å². The zero-order valence-electron chi connectivity index (χ0n) is 15.6. The molecule has 0 aromatic rings. The minimum atomic E-state index is 0.608. The summed E-state index contributed by atoms with van der Waals surface area (Å²) in [4.78, 5) is 0. The van der Waals surface area contributed by atoms with E-state index in [1.165, 1.54) is 57.8 Å². The van der Waals surface area contributed by atoms with Gasteiger partial charge in [0.2, 0.25) is 0 Å². The van der Waals surface area contributed by atoms with E-state index in [-0.39, 0.29) is 0 Å². The van der Waals surface area contributed by atoms with E-state index >= 15 is 0 Å². The molecule has 0 heteroatoms. The van der Waals surface area contributed by atoms with E-state index in [4.69, 9.17) is 0 Å². The first kappa shape index (κ1) is 20.0. The molecule has 0 heterocycles. The Bertz CT molecular complexity index is 208. The van der Waals surface area contributed by atoms with Crippen LogP contribution in [0, 0.1) is 23.2 Å². The van der Waals surface area contributed by atoms with E-state index in [1.54, 1.807) is 0 Å². The Morgan fingerprint density at radius 2 is 1.20 bits per heavy atom. The van der Waals surface area contributed by atoms with E-state index in [2.05, 4.69) is 48.5 Å². The molecule has 0 saturated heterocycles. The molecule has 1 atom stereocenters. The molecule has 0 N–H and O–H groups in total. The maximum Gasteiger partial charge on any atom is -0.0280 e. The fourth-order valence-corrected chi connectivity index (χ4v) is 4.32. The maximum absolute atomic E-state index is 2.42. The zero-order chi connectivity index (χ0) is 15.6. The molecule has 0 aliphatic rings. The van der Waals surface area contributed by atoms with Gasteiger partial charge in [0.1, 0.15) is 0 Å². The van der Waals surface area contributed by atoms with Gasteiger partial charge in [0.05, 0.1) is 0 Å². The number of hydrogen-bond donors (Lipinski definition) is 0. The van der Waals surface area contributed by atoms with Crippen LogP contribution in [0.2, 0.25) is 0 Å². The molecule has 0 saturated carbocycles. The van der Waals surface area contributed by atoms with Crippen LogP contribution in [-0.4, -0.2) is 0 Å². The topological polar surface area (TPSA) is 0 Å². The molecule has 0 nitrogen and oxygen atoms in total. The lowest BCUT2D eigenvalue weighted by atomic mass is 9.69. The standard InChI is InChI=1S/C20H42/c1-8-18(9-2)19(10-3)15-13-14-16-20(11-4,12-5)17(6)7/h17-19H,8-16H2,1-7H3. The fraction of sp³-hybridized carbons (Fsp3) is 1.00. The lowest BCUT2D eigenvalue weighted by Gasteiger charge is -2.36. The van der Waals surface area contributed by atoms with Gasteiger partial charge >= 0.3 is 0 Å². The van der Waals surface area contributed by atoms with Gasteiger partial charge in [-0.1, -0.05) is 99.8 Å². The van der Waals surface area contributed by atoms with Gasteiger partial charge in [-0.05, 0) is 29.6 Å². The lowest BCUT2D eigenvalue weighted by Crippen LogP contribution is -2.25. The SMILES string of the molecule is CCC(CC)C(CC)CCCCC(CC)(CC)C(C)C. The van der Waals surface area contributed by atoms with Crippen molar-refractivity contribution in [1.29, 1.82) is 0 Å². The van der Waals surface area contributed by atoms with Crippen molar-refractivity contribution < 1.29 is 0 Å². The van der Waals surface area contributed by atoms with E-state index in [0.29, 0.717) is 5.41 Å². The minimum Gasteiger partial charge on any atom is -0.0651 e. The summed E-state index contributed by atoms with van der Waals surface area (Å²) in [5.74, 6) is 2.77. The average Bonchev–Trinajstić information content (AvgIpc) is 2.46. The molecule has 0 radical (unpaired) electrons. The third-order valence-electron chi connectivity index (χ3n) is 6.37. The van der Waals surface area contributed by atoms with Crippen molar-refractivity contribution >= 4 is 0 Å². The van der Waals surface area contributed by atoms with E-state index in [1.807, 2.05) is 0 Å². The Labute approximate surface area is 130 Å². The second-order valence-corrected chi connectivity index (χ2v) is 7.21. The van der Waals surface area contributed by atoms with Gasteiger partial charge in [0.25, 0.3) is 0 Å². The van der Waals surface area contributed by atoms with Gasteiger partial charge in [-0.15, -0.1) is 0 Å². The Morgan fingerprint density at radius 1 is 0.700 bits per heavy atom. The van der Waals surface area contributed by atoms with Crippen LogP contribution in [0.4, 0.5) is 0 Å². The highest BCUT2D eigenvalue weighted by Crippen LogP contribution is 2.40. The monoisotopic (exact) mass is 282 g/mol. The van der Waals surface area contributed by atoms with Gasteiger partial charge in [-0.2, -0.15) is 0 Å². The predicted octanol–water partition coefficient (Wildman–Crippen LogP) is 7.47. The summed E-state index contributed by atoms with van der Waals surface area (Å²) in [5.41, 5.74) is 0.608. The van der Waals surface area contributed by atoms with Crippen molar-refractivity contribution in [2.75, 3.05) is 0 Å². The third-order valence-corrected chi connectivity index (χ3v) is 6.37. The molecule has 0 fully saturated rings. The smallest absolute Gasteiger partial charge is 0.0280 e. The van der Waals surface area contributed by atoms with Gasteiger partial charge in [-0.3, -0.25) is 0 Å². The summed E-state index contributed by atoms with van der Waals surface area (Å²) >= 11 is 0. The van der Waals surface area contributed by atoms with Crippen LogP contribution in [0.15, 0.2) is 0 Å². The number of unbranched alkanes of at least 4 members (excludes halogenated alkanes) is 1. The van der Waals surface area contributed by atoms with Crippen LogP contribution in [0.5, 0.6) is 0 Å². The predicted molar refractivity (Wildman–Crippen MR) is 94.2 cm³/mol.